The van der Waals surface area contributed by atoms with Crippen LogP contribution in [0.1, 0.15) is 42.9 Å². The second kappa shape index (κ2) is 12.1. The Balaban J connectivity index is 1.52. The zero-order chi connectivity index (χ0) is 22.8. The summed E-state index contributed by atoms with van der Waals surface area (Å²) in [5.41, 5.74) is 5.57. The predicted molar refractivity (Wildman–Crippen MR) is 131 cm³/mol. The highest BCUT2D eigenvalue weighted by Gasteiger charge is 2.06. The number of nitrogens with one attached hydrogen (secondary N) is 1. The van der Waals surface area contributed by atoms with Gasteiger partial charge in [0, 0.05) is 10.0 Å². The molecule has 0 aliphatic carbocycles. The summed E-state index contributed by atoms with van der Waals surface area (Å²) in [4.78, 5) is 12.1. The van der Waals surface area contributed by atoms with Crippen LogP contribution in [0.25, 0.3) is 0 Å². The molecule has 0 unspecified atom stereocenters. The Bertz CT molecular complexity index is 1040. The van der Waals surface area contributed by atoms with Crippen molar-refractivity contribution in [3.05, 3.63) is 94.0 Å². The lowest BCUT2D eigenvalue weighted by Crippen LogP contribution is -2.24. The van der Waals surface area contributed by atoms with Gasteiger partial charge in [0.05, 0.1) is 6.21 Å². The summed E-state index contributed by atoms with van der Waals surface area (Å²) in [6.07, 6.45) is 2.64. The lowest BCUT2D eigenvalue weighted by Gasteiger charge is -2.10. The summed E-state index contributed by atoms with van der Waals surface area (Å²) in [5, 5.41) is 4.05. The fraction of sp³-hybridized carbons (Fsp3) is 0.231. The van der Waals surface area contributed by atoms with Crippen molar-refractivity contribution >= 4 is 28.1 Å². The summed E-state index contributed by atoms with van der Waals surface area (Å²) in [5.74, 6) is 1.49. The SMILES string of the molecule is CC[C@H](C)c1ccc(OCC(=O)N/N=C\c2cc(Br)ccc2OCc2ccccc2)cc1. The highest BCUT2D eigenvalue weighted by Crippen LogP contribution is 2.23. The number of carbonyl (C=O) groups is 1. The average molecular weight is 495 g/mol. The first kappa shape index (κ1) is 23.5. The highest BCUT2D eigenvalue weighted by molar-refractivity contribution is 9.10. The van der Waals surface area contributed by atoms with E-state index >= 15 is 0 Å². The Morgan fingerprint density at radius 2 is 1.81 bits per heavy atom. The molecule has 3 aromatic carbocycles. The molecule has 0 spiro atoms. The van der Waals surface area contributed by atoms with Crippen LogP contribution < -0.4 is 14.9 Å². The number of hydrazone groups is 1. The van der Waals surface area contributed by atoms with Gasteiger partial charge in [0.2, 0.25) is 0 Å². The summed E-state index contributed by atoms with van der Waals surface area (Å²) >= 11 is 3.46. The second-order valence-corrected chi connectivity index (χ2v) is 8.33. The van der Waals surface area contributed by atoms with Crippen LogP contribution in [0, 0.1) is 0 Å². The monoisotopic (exact) mass is 494 g/mol. The summed E-state index contributed by atoms with van der Waals surface area (Å²) in [7, 11) is 0. The Morgan fingerprint density at radius 3 is 2.53 bits per heavy atom. The second-order valence-electron chi connectivity index (χ2n) is 7.42. The van der Waals surface area contributed by atoms with Crippen molar-refractivity contribution in [2.45, 2.75) is 32.8 Å². The molecule has 0 saturated heterocycles. The van der Waals surface area contributed by atoms with Crippen molar-refractivity contribution in [1.82, 2.24) is 5.43 Å². The molecule has 0 fully saturated rings. The smallest absolute Gasteiger partial charge is 0.277 e. The largest absolute Gasteiger partial charge is 0.488 e. The lowest BCUT2D eigenvalue weighted by atomic mass is 9.99. The average Bonchev–Trinajstić information content (AvgIpc) is 2.82. The van der Waals surface area contributed by atoms with Crippen LogP contribution in [0.2, 0.25) is 0 Å². The molecule has 166 valence electrons. The fourth-order valence-electron chi connectivity index (χ4n) is 2.97. The third-order valence-electron chi connectivity index (χ3n) is 5.03. The van der Waals surface area contributed by atoms with Crippen LogP contribution in [0.4, 0.5) is 0 Å². The van der Waals surface area contributed by atoms with Crippen LogP contribution in [-0.2, 0) is 11.4 Å². The lowest BCUT2D eigenvalue weighted by molar-refractivity contribution is -0.123. The first-order chi connectivity index (χ1) is 15.5. The maximum atomic E-state index is 12.1. The van der Waals surface area contributed by atoms with Crippen molar-refractivity contribution in [2.24, 2.45) is 5.10 Å². The third kappa shape index (κ3) is 7.24. The minimum Gasteiger partial charge on any atom is -0.488 e. The van der Waals surface area contributed by atoms with Gasteiger partial charge in [-0.05, 0) is 53.8 Å². The Kier molecular flexibility index (Phi) is 8.87. The quantitative estimate of drug-likeness (QED) is 0.274. The first-order valence-electron chi connectivity index (χ1n) is 10.6. The molecule has 1 N–H and O–H groups in total. The number of halogens is 1. The molecule has 32 heavy (non-hydrogen) atoms. The number of rotatable bonds is 10. The van der Waals surface area contributed by atoms with E-state index in [4.69, 9.17) is 9.47 Å². The minimum atomic E-state index is -0.339. The van der Waals surface area contributed by atoms with Gasteiger partial charge in [0.15, 0.2) is 6.61 Å². The predicted octanol–water partition coefficient (Wildman–Crippen LogP) is 6.07. The van der Waals surface area contributed by atoms with E-state index in [9.17, 15) is 4.79 Å². The summed E-state index contributed by atoms with van der Waals surface area (Å²) in [6, 6.07) is 23.4. The highest BCUT2D eigenvalue weighted by atomic mass is 79.9. The molecule has 0 bridgehead atoms. The fourth-order valence-corrected chi connectivity index (χ4v) is 3.35. The molecule has 0 aromatic heterocycles. The topological polar surface area (TPSA) is 59.9 Å². The van der Waals surface area contributed by atoms with Crippen molar-refractivity contribution < 1.29 is 14.3 Å². The van der Waals surface area contributed by atoms with Gasteiger partial charge in [-0.1, -0.05) is 72.2 Å². The van der Waals surface area contributed by atoms with E-state index in [0.29, 0.717) is 24.0 Å². The molecule has 6 heteroatoms. The Labute approximate surface area is 197 Å². The molecule has 0 radical (unpaired) electrons. The van der Waals surface area contributed by atoms with Crippen LogP contribution >= 0.6 is 15.9 Å². The molecule has 5 nitrogen and oxygen atoms in total. The van der Waals surface area contributed by atoms with Gasteiger partial charge in [0.25, 0.3) is 5.91 Å². The summed E-state index contributed by atoms with van der Waals surface area (Å²) in [6.45, 7) is 4.67. The number of ether oxygens (including phenoxy) is 2. The normalized spacial score (nSPS) is 11.8. The molecule has 1 atom stereocenters. The van der Waals surface area contributed by atoms with Gasteiger partial charge in [-0.15, -0.1) is 0 Å². The van der Waals surface area contributed by atoms with Gasteiger partial charge >= 0.3 is 0 Å². The van der Waals surface area contributed by atoms with Gasteiger partial charge in [0.1, 0.15) is 18.1 Å². The number of hydrogen-bond donors (Lipinski definition) is 1. The Hall–Kier alpha value is -3.12. The van der Waals surface area contributed by atoms with Gasteiger partial charge in [-0.25, -0.2) is 5.43 Å². The van der Waals surface area contributed by atoms with E-state index in [-0.39, 0.29) is 12.5 Å². The molecule has 0 heterocycles. The van der Waals surface area contributed by atoms with E-state index in [1.807, 2.05) is 72.8 Å². The van der Waals surface area contributed by atoms with E-state index < -0.39 is 0 Å². The number of nitrogens with zero attached hydrogens (tertiary/aromatic N) is 1. The maximum Gasteiger partial charge on any atom is 0.277 e. The zero-order valence-electron chi connectivity index (χ0n) is 18.3. The van der Waals surface area contributed by atoms with Crippen LogP contribution in [0.15, 0.2) is 82.4 Å². The van der Waals surface area contributed by atoms with Crippen molar-refractivity contribution in [3.8, 4) is 11.5 Å². The van der Waals surface area contributed by atoms with Gasteiger partial charge in [-0.2, -0.15) is 5.10 Å². The molecule has 1 amide bonds. The van der Waals surface area contributed by atoms with E-state index in [1.54, 1.807) is 6.21 Å². The van der Waals surface area contributed by atoms with E-state index in [2.05, 4.69) is 40.3 Å². The first-order valence-corrected chi connectivity index (χ1v) is 11.4. The zero-order valence-corrected chi connectivity index (χ0v) is 19.8. The number of benzene rings is 3. The minimum absolute atomic E-state index is 0.115. The Morgan fingerprint density at radius 1 is 1.06 bits per heavy atom. The number of hydrogen-bond acceptors (Lipinski definition) is 4. The number of amides is 1. The van der Waals surface area contributed by atoms with Crippen molar-refractivity contribution in [1.29, 1.82) is 0 Å². The molecule has 0 aliphatic rings. The van der Waals surface area contributed by atoms with E-state index in [1.165, 1.54) is 5.56 Å². The molecular formula is C26H27BrN2O3. The van der Waals surface area contributed by atoms with E-state index in [0.717, 1.165) is 22.0 Å². The van der Waals surface area contributed by atoms with Crippen molar-refractivity contribution in [3.63, 3.8) is 0 Å². The maximum absolute atomic E-state index is 12.1. The van der Waals surface area contributed by atoms with Gasteiger partial charge < -0.3 is 9.47 Å². The third-order valence-corrected chi connectivity index (χ3v) is 5.53. The molecule has 3 rings (SSSR count). The molecule has 0 aliphatic heterocycles. The van der Waals surface area contributed by atoms with Gasteiger partial charge in [-0.3, -0.25) is 4.79 Å². The van der Waals surface area contributed by atoms with Crippen LogP contribution in [-0.4, -0.2) is 18.7 Å². The van der Waals surface area contributed by atoms with Crippen molar-refractivity contribution in [2.75, 3.05) is 6.61 Å². The van der Waals surface area contributed by atoms with Crippen LogP contribution in [0.5, 0.6) is 11.5 Å². The molecular weight excluding hydrogens is 468 g/mol. The number of carbonyl (C=O) groups excluding carboxylic acids is 1. The van der Waals surface area contributed by atoms with Crippen LogP contribution in [0.3, 0.4) is 0 Å². The standard InChI is InChI=1S/C26H27BrN2O3/c1-3-19(2)21-9-12-24(13-10-21)31-18-26(30)29-28-16-22-15-23(27)11-14-25(22)32-17-20-7-5-4-6-8-20/h4-16,19H,3,17-18H2,1-2H3,(H,29,30)/b28-16-/t19-/m0/s1. The summed E-state index contributed by atoms with van der Waals surface area (Å²) < 4.78 is 12.4. The molecule has 3 aromatic rings. The molecule has 0 saturated carbocycles.